The first kappa shape index (κ1) is 13.5. The Morgan fingerprint density at radius 3 is 2.38 bits per heavy atom. The van der Waals surface area contributed by atoms with E-state index in [0.29, 0.717) is 30.2 Å². The molecule has 0 aliphatic carbocycles. The van der Waals surface area contributed by atoms with E-state index in [0.717, 1.165) is 19.6 Å². The van der Waals surface area contributed by atoms with Gasteiger partial charge >= 0.3 is 0 Å². The van der Waals surface area contributed by atoms with E-state index in [1.165, 1.54) is 6.42 Å². The van der Waals surface area contributed by atoms with Gasteiger partial charge in [0.25, 0.3) is 0 Å². The van der Waals surface area contributed by atoms with Crippen molar-refractivity contribution in [3.05, 3.63) is 0 Å². The highest BCUT2D eigenvalue weighted by atomic mass is 16.2. The normalized spacial score (nSPS) is 26.2. The summed E-state index contributed by atoms with van der Waals surface area (Å²) in [5.74, 6) is 1.63. The zero-order valence-corrected chi connectivity index (χ0v) is 11.1. The van der Waals surface area contributed by atoms with Gasteiger partial charge in [-0.1, -0.05) is 27.7 Å². The Morgan fingerprint density at radius 1 is 1.31 bits per heavy atom. The molecule has 2 atom stereocenters. The molecule has 94 valence electrons. The summed E-state index contributed by atoms with van der Waals surface area (Å²) in [5, 5.41) is 3.29. The number of likely N-dealkylation sites (tertiary alicyclic amines) is 1. The Morgan fingerprint density at radius 2 is 1.88 bits per heavy atom. The van der Waals surface area contributed by atoms with Crippen molar-refractivity contribution >= 4 is 5.91 Å². The fourth-order valence-electron chi connectivity index (χ4n) is 2.49. The molecule has 16 heavy (non-hydrogen) atoms. The van der Waals surface area contributed by atoms with Gasteiger partial charge in [0.1, 0.15) is 0 Å². The molecule has 1 heterocycles. The molecule has 0 bridgehead atoms. The standard InChI is InChI=1S/C13H26N2O/c1-10(2)14-6-5-13(16)15-8-11(3)7-12(4)9-15/h10-12,14H,5-9H2,1-4H3. The van der Waals surface area contributed by atoms with Crippen molar-refractivity contribution in [2.24, 2.45) is 11.8 Å². The Kier molecular flexibility index (Phi) is 5.26. The highest BCUT2D eigenvalue weighted by molar-refractivity contribution is 5.76. The van der Waals surface area contributed by atoms with Crippen molar-refractivity contribution in [3.63, 3.8) is 0 Å². The van der Waals surface area contributed by atoms with Gasteiger partial charge in [0.05, 0.1) is 0 Å². The molecule has 1 aliphatic rings. The molecule has 3 nitrogen and oxygen atoms in total. The Bertz CT molecular complexity index is 218. The summed E-state index contributed by atoms with van der Waals surface area (Å²) in [4.78, 5) is 14.0. The molecular weight excluding hydrogens is 200 g/mol. The summed E-state index contributed by atoms with van der Waals surface area (Å²) in [6.45, 7) is 11.4. The van der Waals surface area contributed by atoms with Gasteiger partial charge in [-0.15, -0.1) is 0 Å². The van der Waals surface area contributed by atoms with Crippen LogP contribution in [-0.4, -0.2) is 36.5 Å². The van der Waals surface area contributed by atoms with Crippen LogP contribution in [0.3, 0.4) is 0 Å². The van der Waals surface area contributed by atoms with E-state index < -0.39 is 0 Å². The van der Waals surface area contributed by atoms with Gasteiger partial charge in [0.2, 0.25) is 5.91 Å². The third-order valence-corrected chi connectivity index (χ3v) is 3.11. The first-order valence-corrected chi connectivity index (χ1v) is 6.50. The number of carbonyl (C=O) groups excluding carboxylic acids is 1. The molecule has 0 aromatic carbocycles. The second-order valence-electron chi connectivity index (χ2n) is 5.60. The summed E-state index contributed by atoms with van der Waals surface area (Å²) >= 11 is 0. The van der Waals surface area contributed by atoms with Gasteiger partial charge in [-0.05, 0) is 18.3 Å². The molecule has 0 radical (unpaired) electrons. The van der Waals surface area contributed by atoms with Crippen molar-refractivity contribution in [2.45, 2.75) is 46.6 Å². The maximum absolute atomic E-state index is 12.0. The van der Waals surface area contributed by atoms with Crippen molar-refractivity contribution in [1.82, 2.24) is 10.2 Å². The largest absolute Gasteiger partial charge is 0.342 e. The van der Waals surface area contributed by atoms with Crippen molar-refractivity contribution in [1.29, 1.82) is 0 Å². The maximum atomic E-state index is 12.0. The number of hydrogen-bond donors (Lipinski definition) is 1. The lowest BCUT2D eigenvalue weighted by atomic mass is 9.92. The number of nitrogens with zero attached hydrogens (tertiary/aromatic N) is 1. The van der Waals surface area contributed by atoms with E-state index in [4.69, 9.17) is 0 Å². The number of piperidine rings is 1. The topological polar surface area (TPSA) is 32.3 Å². The third-order valence-electron chi connectivity index (χ3n) is 3.11. The summed E-state index contributed by atoms with van der Waals surface area (Å²) in [6.07, 6.45) is 1.89. The molecule has 3 heteroatoms. The van der Waals surface area contributed by atoms with Crippen LogP contribution < -0.4 is 5.32 Å². The van der Waals surface area contributed by atoms with E-state index in [-0.39, 0.29) is 0 Å². The zero-order valence-electron chi connectivity index (χ0n) is 11.1. The second-order valence-corrected chi connectivity index (χ2v) is 5.60. The summed E-state index contributed by atoms with van der Waals surface area (Å²) < 4.78 is 0. The third kappa shape index (κ3) is 4.52. The van der Waals surface area contributed by atoms with Gasteiger partial charge in [-0.3, -0.25) is 4.79 Å². The molecule has 2 unspecified atom stereocenters. The van der Waals surface area contributed by atoms with E-state index in [2.05, 4.69) is 33.0 Å². The number of amides is 1. The number of rotatable bonds is 4. The smallest absolute Gasteiger partial charge is 0.223 e. The van der Waals surface area contributed by atoms with Gasteiger partial charge in [0.15, 0.2) is 0 Å². The average molecular weight is 226 g/mol. The fourth-order valence-corrected chi connectivity index (χ4v) is 2.49. The van der Waals surface area contributed by atoms with E-state index in [1.54, 1.807) is 0 Å². The molecular formula is C13H26N2O. The number of carbonyl (C=O) groups is 1. The van der Waals surface area contributed by atoms with Crippen LogP contribution in [0.25, 0.3) is 0 Å². The highest BCUT2D eigenvalue weighted by Gasteiger charge is 2.24. The molecule has 0 aromatic heterocycles. The molecule has 0 aromatic rings. The minimum Gasteiger partial charge on any atom is -0.342 e. The molecule has 1 rings (SSSR count). The van der Waals surface area contributed by atoms with E-state index in [9.17, 15) is 4.79 Å². The van der Waals surface area contributed by atoms with E-state index in [1.807, 2.05) is 4.90 Å². The van der Waals surface area contributed by atoms with Crippen LogP contribution >= 0.6 is 0 Å². The zero-order chi connectivity index (χ0) is 12.1. The molecule has 1 N–H and O–H groups in total. The predicted molar refractivity (Wildman–Crippen MR) is 67.3 cm³/mol. The number of nitrogens with one attached hydrogen (secondary N) is 1. The van der Waals surface area contributed by atoms with Crippen LogP contribution in [0.2, 0.25) is 0 Å². The Hall–Kier alpha value is -0.570. The Balaban J connectivity index is 2.30. The van der Waals surface area contributed by atoms with Gasteiger partial charge in [0, 0.05) is 32.1 Å². The lowest BCUT2D eigenvalue weighted by molar-refractivity contribution is -0.133. The van der Waals surface area contributed by atoms with Gasteiger partial charge < -0.3 is 10.2 Å². The quantitative estimate of drug-likeness (QED) is 0.794. The Labute approximate surface area is 99.6 Å². The first-order chi connectivity index (χ1) is 7.49. The van der Waals surface area contributed by atoms with Crippen LogP contribution in [0.15, 0.2) is 0 Å². The molecule has 1 aliphatic heterocycles. The van der Waals surface area contributed by atoms with Crippen molar-refractivity contribution < 1.29 is 4.79 Å². The minimum absolute atomic E-state index is 0.312. The lowest BCUT2D eigenvalue weighted by Crippen LogP contribution is -2.43. The fraction of sp³-hybridized carbons (Fsp3) is 0.923. The first-order valence-electron chi connectivity index (χ1n) is 6.50. The number of hydrogen-bond acceptors (Lipinski definition) is 2. The summed E-state index contributed by atoms with van der Waals surface area (Å²) in [5.41, 5.74) is 0. The molecule has 1 fully saturated rings. The van der Waals surface area contributed by atoms with Crippen LogP contribution in [0.1, 0.15) is 40.5 Å². The molecule has 0 saturated carbocycles. The lowest BCUT2D eigenvalue weighted by Gasteiger charge is -2.35. The highest BCUT2D eigenvalue weighted by Crippen LogP contribution is 2.21. The van der Waals surface area contributed by atoms with Gasteiger partial charge in [-0.25, -0.2) is 0 Å². The predicted octanol–water partition coefficient (Wildman–Crippen LogP) is 1.88. The van der Waals surface area contributed by atoms with Crippen molar-refractivity contribution in [2.75, 3.05) is 19.6 Å². The maximum Gasteiger partial charge on any atom is 0.223 e. The van der Waals surface area contributed by atoms with E-state index >= 15 is 0 Å². The second kappa shape index (κ2) is 6.24. The van der Waals surface area contributed by atoms with Crippen LogP contribution in [0, 0.1) is 11.8 Å². The average Bonchev–Trinajstić information content (AvgIpc) is 2.15. The van der Waals surface area contributed by atoms with Crippen molar-refractivity contribution in [3.8, 4) is 0 Å². The summed E-state index contributed by atoms with van der Waals surface area (Å²) in [6, 6.07) is 0.465. The minimum atomic E-state index is 0.312. The molecule has 0 spiro atoms. The summed E-state index contributed by atoms with van der Waals surface area (Å²) in [7, 11) is 0. The van der Waals surface area contributed by atoms with Crippen LogP contribution in [0.5, 0.6) is 0 Å². The van der Waals surface area contributed by atoms with Gasteiger partial charge in [-0.2, -0.15) is 0 Å². The monoisotopic (exact) mass is 226 g/mol. The molecule has 1 saturated heterocycles. The SMILES string of the molecule is CC1CC(C)CN(C(=O)CCNC(C)C)C1. The van der Waals surface area contributed by atoms with Crippen LogP contribution in [-0.2, 0) is 4.79 Å². The van der Waals surface area contributed by atoms with Crippen LogP contribution in [0.4, 0.5) is 0 Å². The molecule has 1 amide bonds.